The van der Waals surface area contributed by atoms with Crippen LogP contribution in [-0.4, -0.2) is 44.8 Å². The van der Waals surface area contributed by atoms with Crippen molar-refractivity contribution in [1.29, 1.82) is 0 Å². The molecule has 8 rings (SSSR count). The van der Waals surface area contributed by atoms with Crippen LogP contribution in [0.5, 0.6) is 11.5 Å². The van der Waals surface area contributed by atoms with Crippen LogP contribution in [0.1, 0.15) is 52.3 Å². The first-order valence-corrected chi connectivity index (χ1v) is 12.8. The maximum absolute atomic E-state index is 14.5. The third kappa shape index (κ3) is 2.42. The lowest BCUT2D eigenvalue weighted by molar-refractivity contribution is -0.136. The van der Waals surface area contributed by atoms with Crippen LogP contribution < -0.4 is 9.47 Å². The molecule has 0 saturated carbocycles. The van der Waals surface area contributed by atoms with Gasteiger partial charge in [0.25, 0.3) is 0 Å². The van der Waals surface area contributed by atoms with Crippen molar-refractivity contribution < 1.29 is 19.0 Å². The van der Waals surface area contributed by atoms with Gasteiger partial charge < -0.3 is 19.1 Å². The molecule has 3 aliphatic carbocycles. The van der Waals surface area contributed by atoms with E-state index in [2.05, 4.69) is 72.5 Å². The van der Waals surface area contributed by atoms with E-state index >= 15 is 0 Å². The van der Waals surface area contributed by atoms with Crippen molar-refractivity contribution in [3.05, 3.63) is 94.0 Å². The highest BCUT2D eigenvalue weighted by atomic mass is 16.5. The van der Waals surface area contributed by atoms with Crippen LogP contribution in [0.2, 0.25) is 0 Å². The summed E-state index contributed by atoms with van der Waals surface area (Å²) < 4.78 is 17.5. The van der Waals surface area contributed by atoms with E-state index in [4.69, 9.17) is 14.2 Å². The summed E-state index contributed by atoms with van der Waals surface area (Å²) in [6.45, 7) is 2.86. The lowest BCUT2D eigenvalue weighted by Gasteiger charge is -2.57. The fourth-order valence-corrected chi connectivity index (χ4v) is 8.27. The molecule has 3 aromatic rings. The number of carbonyl (C=O) groups excluding carboxylic acids is 1. The Bertz CT molecular complexity index is 1350. The summed E-state index contributed by atoms with van der Waals surface area (Å²) in [5, 5.41) is 0. The summed E-state index contributed by atoms with van der Waals surface area (Å²) in [5.41, 5.74) is 7.09. The number of amides is 1. The quantitative estimate of drug-likeness (QED) is 0.534. The first-order valence-electron chi connectivity index (χ1n) is 12.8. The van der Waals surface area contributed by atoms with Gasteiger partial charge >= 0.3 is 0 Å². The molecule has 3 aromatic carbocycles. The van der Waals surface area contributed by atoms with Gasteiger partial charge in [-0.05, 0) is 58.9 Å². The SMILES string of the molecule is COc1cc2c(cc1OC)[C@@H]1[C@H]3C4c5ccccc5C([C@H](C)OC)(c5ccccc54)[C@H]3C(=O)N1CC2. The number of hydrogen-bond donors (Lipinski definition) is 0. The topological polar surface area (TPSA) is 48.0 Å². The lowest BCUT2D eigenvalue weighted by atomic mass is 9.45. The Kier molecular flexibility index (Phi) is 4.63. The van der Waals surface area contributed by atoms with Crippen LogP contribution in [0.25, 0.3) is 0 Å². The van der Waals surface area contributed by atoms with E-state index in [-0.39, 0.29) is 35.8 Å². The van der Waals surface area contributed by atoms with E-state index < -0.39 is 5.41 Å². The van der Waals surface area contributed by atoms with Gasteiger partial charge in [0.15, 0.2) is 11.5 Å². The summed E-state index contributed by atoms with van der Waals surface area (Å²) in [4.78, 5) is 16.7. The minimum absolute atomic E-state index is 0.0128. The highest BCUT2D eigenvalue weighted by molar-refractivity contribution is 5.89. The normalized spacial score (nSPS) is 29.6. The van der Waals surface area contributed by atoms with Gasteiger partial charge in [-0.2, -0.15) is 0 Å². The van der Waals surface area contributed by atoms with Gasteiger partial charge in [0.2, 0.25) is 5.91 Å². The number of rotatable bonds is 4. The molecule has 36 heavy (non-hydrogen) atoms. The number of ether oxygens (including phenoxy) is 3. The summed E-state index contributed by atoms with van der Waals surface area (Å²) >= 11 is 0. The number of carbonyl (C=O) groups is 1. The van der Waals surface area contributed by atoms with Crippen LogP contribution in [0.3, 0.4) is 0 Å². The molecule has 0 spiro atoms. The summed E-state index contributed by atoms with van der Waals surface area (Å²) in [6.07, 6.45) is 0.651. The molecule has 1 saturated heterocycles. The van der Waals surface area contributed by atoms with Crippen molar-refractivity contribution in [3.8, 4) is 11.5 Å². The summed E-state index contributed by atoms with van der Waals surface area (Å²) in [6, 6.07) is 21.7. The number of methoxy groups -OCH3 is 3. The van der Waals surface area contributed by atoms with E-state index in [0.717, 1.165) is 24.5 Å². The van der Waals surface area contributed by atoms with Crippen LogP contribution in [0.15, 0.2) is 60.7 Å². The van der Waals surface area contributed by atoms with Gasteiger partial charge in [-0.3, -0.25) is 4.79 Å². The van der Waals surface area contributed by atoms with Gasteiger partial charge in [-0.1, -0.05) is 48.5 Å². The molecule has 5 heteroatoms. The smallest absolute Gasteiger partial charge is 0.227 e. The molecule has 5 aliphatic rings. The number of fused-ring (bicyclic) bond motifs is 3. The molecule has 1 amide bonds. The third-order valence-electron chi connectivity index (χ3n) is 9.57. The molecule has 1 fully saturated rings. The first kappa shape index (κ1) is 21.9. The molecule has 0 N–H and O–H groups in total. The van der Waals surface area contributed by atoms with E-state index in [1.54, 1.807) is 21.3 Å². The minimum Gasteiger partial charge on any atom is -0.493 e. The van der Waals surface area contributed by atoms with Gasteiger partial charge in [0, 0.05) is 25.5 Å². The van der Waals surface area contributed by atoms with Gasteiger partial charge in [-0.25, -0.2) is 0 Å². The highest BCUT2D eigenvalue weighted by Gasteiger charge is 2.69. The average molecular weight is 482 g/mol. The van der Waals surface area contributed by atoms with Crippen molar-refractivity contribution in [2.24, 2.45) is 11.8 Å². The second-order valence-electron chi connectivity index (χ2n) is 10.6. The fraction of sp³-hybridized carbons (Fsp3) is 0.387. The Labute approximate surface area is 212 Å². The van der Waals surface area contributed by atoms with Crippen LogP contribution in [0.4, 0.5) is 0 Å². The molecule has 0 unspecified atom stereocenters. The van der Waals surface area contributed by atoms with E-state index in [9.17, 15) is 4.79 Å². The minimum atomic E-state index is -0.535. The monoisotopic (exact) mass is 481 g/mol. The molecule has 5 nitrogen and oxygen atoms in total. The third-order valence-corrected chi connectivity index (χ3v) is 9.57. The molecule has 0 aromatic heterocycles. The number of nitrogens with zero attached hydrogens (tertiary/aromatic N) is 1. The summed E-state index contributed by atoms with van der Waals surface area (Å²) in [5.74, 6) is 1.78. The Morgan fingerprint density at radius 1 is 0.889 bits per heavy atom. The van der Waals surface area contributed by atoms with Crippen molar-refractivity contribution in [2.75, 3.05) is 27.9 Å². The molecule has 2 bridgehead atoms. The van der Waals surface area contributed by atoms with Crippen LogP contribution in [0, 0.1) is 11.8 Å². The Balaban J connectivity index is 1.54. The van der Waals surface area contributed by atoms with Crippen molar-refractivity contribution >= 4 is 5.91 Å². The fourth-order valence-electron chi connectivity index (χ4n) is 8.27. The van der Waals surface area contributed by atoms with Gasteiger partial charge in [0.05, 0.1) is 37.7 Å². The zero-order valence-corrected chi connectivity index (χ0v) is 21.2. The molecular formula is C31H31NO4. The summed E-state index contributed by atoms with van der Waals surface area (Å²) in [7, 11) is 5.13. The molecular weight excluding hydrogens is 450 g/mol. The largest absolute Gasteiger partial charge is 0.493 e. The van der Waals surface area contributed by atoms with Gasteiger partial charge in [0.1, 0.15) is 0 Å². The molecule has 2 heterocycles. The van der Waals surface area contributed by atoms with Gasteiger partial charge in [-0.15, -0.1) is 0 Å². The average Bonchev–Trinajstić information content (AvgIpc) is 3.24. The highest BCUT2D eigenvalue weighted by Crippen LogP contribution is 2.69. The second-order valence-corrected chi connectivity index (χ2v) is 10.6. The molecule has 0 radical (unpaired) electrons. The van der Waals surface area contributed by atoms with Crippen molar-refractivity contribution in [2.45, 2.75) is 36.8 Å². The Hall–Kier alpha value is -3.31. The van der Waals surface area contributed by atoms with E-state index in [0.29, 0.717) is 0 Å². The maximum atomic E-state index is 14.5. The molecule has 4 atom stereocenters. The van der Waals surface area contributed by atoms with Crippen LogP contribution in [-0.2, 0) is 21.4 Å². The molecule has 2 aliphatic heterocycles. The first-order chi connectivity index (χ1) is 17.6. The van der Waals surface area contributed by atoms with E-state index in [1.165, 1.54) is 33.4 Å². The number of hydrogen-bond acceptors (Lipinski definition) is 4. The zero-order valence-electron chi connectivity index (χ0n) is 21.2. The predicted octanol–water partition coefficient (Wildman–Crippen LogP) is 4.86. The maximum Gasteiger partial charge on any atom is 0.227 e. The van der Waals surface area contributed by atoms with E-state index in [1.807, 2.05) is 0 Å². The standard InChI is InChI=1S/C31H31NO4/c1-17(34-2)31-22-11-7-5-9-19(22)26(20-10-6-8-12-23(20)31)27-28(31)30(33)32-14-13-18-15-24(35-3)25(36-4)16-21(18)29(27)32/h5-12,15-17,26-29H,13-14H2,1-4H3/t17-,26?,27-,28+,29+,31?/m0/s1. The second kappa shape index (κ2) is 7.59. The Morgan fingerprint density at radius 3 is 2.11 bits per heavy atom. The number of benzene rings is 3. The molecule has 184 valence electrons. The van der Waals surface area contributed by atoms with Crippen molar-refractivity contribution in [1.82, 2.24) is 4.90 Å². The van der Waals surface area contributed by atoms with Crippen molar-refractivity contribution in [3.63, 3.8) is 0 Å². The Morgan fingerprint density at radius 2 is 1.50 bits per heavy atom. The predicted molar refractivity (Wildman–Crippen MR) is 137 cm³/mol. The zero-order chi connectivity index (χ0) is 24.8. The lowest BCUT2D eigenvalue weighted by Crippen LogP contribution is -2.58. The van der Waals surface area contributed by atoms with Crippen LogP contribution >= 0.6 is 0 Å².